The number of aromatic amines is 1. The van der Waals surface area contributed by atoms with Gasteiger partial charge in [-0.2, -0.15) is 0 Å². The van der Waals surface area contributed by atoms with Crippen LogP contribution in [0.5, 0.6) is 0 Å². The number of benzene rings is 1. The molecule has 2 heterocycles. The highest BCUT2D eigenvalue weighted by molar-refractivity contribution is 6.00. The Balaban J connectivity index is 2.26. The highest BCUT2D eigenvalue weighted by Gasteiger charge is 2.14. The van der Waals surface area contributed by atoms with Gasteiger partial charge in [0.2, 0.25) is 0 Å². The molecule has 20 heavy (non-hydrogen) atoms. The van der Waals surface area contributed by atoms with Gasteiger partial charge in [0.15, 0.2) is 5.65 Å². The second-order valence-electron chi connectivity index (χ2n) is 4.77. The number of carboxylic acid groups (broad SMARTS) is 1. The minimum atomic E-state index is -0.992. The van der Waals surface area contributed by atoms with E-state index in [1.165, 1.54) is 12.3 Å². The van der Waals surface area contributed by atoms with E-state index >= 15 is 0 Å². The molecule has 0 unspecified atom stereocenters. The summed E-state index contributed by atoms with van der Waals surface area (Å²) in [5.74, 6) is -0.351. The second kappa shape index (κ2) is 4.45. The fourth-order valence-corrected chi connectivity index (χ4v) is 2.21. The highest BCUT2D eigenvalue weighted by atomic mass is 16.4. The van der Waals surface area contributed by atoms with Crippen molar-refractivity contribution >= 4 is 17.1 Å². The van der Waals surface area contributed by atoms with Crippen LogP contribution < -0.4 is 0 Å². The lowest BCUT2D eigenvalue weighted by molar-refractivity contribution is 0.0699. The van der Waals surface area contributed by atoms with Gasteiger partial charge in [-0.05, 0) is 31.5 Å². The standard InChI is InChI=1S/C15H13N3O2/c1-8-3-4-9(2)11(7-8)13-17-12-10(15(19)20)5-6-16-14(12)18-13/h3-7H,1-2H3,(H,19,20)(H,16,17,18). The molecule has 100 valence electrons. The highest BCUT2D eigenvalue weighted by Crippen LogP contribution is 2.25. The predicted molar refractivity (Wildman–Crippen MR) is 75.8 cm³/mol. The fourth-order valence-electron chi connectivity index (χ4n) is 2.21. The molecule has 0 spiro atoms. The zero-order chi connectivity index (χ0) is 14.3. The van der Waals surface area contributed by atoms with Crippen LogP contribution in [0.25, 0.3) is 22.6 Å². The molecule has 5 nitrogen and oxygen atoms in total. The summed E-state index contributed by atoms with van der Waals surface area (Å²) in [6, 6.07) is 7.54. The topological polar surface area (TPSA) is 78.9 Å². The molecular formula is C15H13N3O2. The number of pyridine rings is 1. The van der Waals surface area contributed by atoms with Crippen molar-refractivity contribution in [3.8, 4) is 11.4 Å². The van der Waals surface area contributed by atoms with Crippen molar-refractivity contribution < 1.29 is 9.90 Å². The molecule has 0 amide bonds. The molecule has 0 atom stereocenters. The largest absolute Gasteiger partial charge is 0.478 e. The van der Waals surface area contributed by atoms with Crippen molar-refractivity contribution in [1.82, 2.24) is 15.0 Å². The minimum absolute atomic E-state index is 0.180. The maximum atomic E-state index is 11.2. The molecule has 0 saturated carbocycles. The summed E-state index contributed by atoms with van der Waals surface area (Å²) in [5.41, 5.74) is 4.21. The summed E-state index contributed by atoms with van der Waals surface area (Å²) in [5, 5.41) is 9.19. The lowest BCUT2D eigenvalue weighted by Gasteiger charge is -2.03. The van der Waals surface area contributed by atoms with E-state index in [1.54, 1.807) is 0 Å². The number of rotatable bonds is 2. The normalized spacial score (nSPS) is 10.9. The van der Waals surface area contributed by atoms with Gasteiger partial charge in [-0.25, -0.2) is 14.8 Å². The third kappa shape index (κ3) is 1.93. The van der Waals surface area contributed by atoms with Crippen LogP contribution in [0.4, 0.5) is 0 Å². The van der Waals surface area contributed by atoms with Gasteiger partial charge in [-0.3, -0.25) is 0 Å². The Morgan fingerprint density at radius 3 is 2.80 bits per heavy atom. The van der Waals surface area contributed by atoms with Crippen molar-refractivity contribution in [2.45, 2.75) is 13.8 Å². The van der Waals surface area contributed by atoms with E-state index in [1.807, 2.05) is 32.0 Å². The van der Waals surface area contributed by atoms with Crippen molar-refractivity contribution in [2.75, 3.05) is 0 Å². The smallest absolute Gasteiger partial charge is 0.338 e. The Kier molecular flexibility index (Phi) is 2.75. The predicted octanol–water partition coefficient (Wildman–Crippen LogP) is 2.94. The second-order valence-corrected chi connectivity index (χ2v) is 4.77. The van der Waals surface area contributed by atoms with Crippen LogP contribution in [-0.4, -0.2) is 26.0 Å². The third-order valence-electron chi connectivity index (χ3n) is 3.27. The number of H-pyrrole nitrogens is 1. The number of carboxylic acids is 1. The van der Waals surface area contributed by atoms with Crippen LogP contribution in [0.3, 0.4) is 0 Å². The zero-order valence-corrected chi connectivity index (χ0v) is 11.1. The molecule has 1 aromatic carbocycles. The molecular weight excluding hydrogens is 254 g/mol. The van der Waals surface area contributed by atoms with Crippen LogP contribution in [0.2, 0.25) is 0 Å². The van der Waals surface area contributed by atoms with Crippen molar-refractivity contribution in [2.24, 2.45) is 0 Å². The van der Waals surface area contributed by atoms with Crippen LogP contribution >= 0.6 is 0 Å². The number of hydrogen-bond acceptors (Lipinski definition) is 3. The van der Waals surface area contributed by atoms with E-state index < -0.39 is 5.97 Å². The monoisotopic (exact) mass is 267 g/mol. The molecule has 0 fully saturated rings. The number of nitrogens with one attached hydrogen (secondary N) is 1. The lowest BCUT2D eigenvalue weighted by atomic mass is 10.1. The molecule has 3 rings (SSSR count). The maximum absolute atomic E-state index is 11.2. The first kappa shape index (κ1) is 12.3. The van der Waals surface area contributed by atoms with Crippen LogP contribution in [-0.2, 0) is 0 Å². The van der Waals surface area contributed by atoms with Crippen molar-refractivity contribution in [1.29, 1.82) is 0 Å². The van der Waals surface area contributed by atoms with E-state index in [2.05, 4.69) is 15.0 Å². The van der Waals surface area contributed by atoms with Gasteiger partial charge in [0, 0.05) is 11.8 Å². The average Bonchev–Trinajstić information content (AvgIpc) is 2.84. The Hall–Kier alpha value is -2.69. The Labute approximate surface area is 115 Å². The van der Waals surface area contributed by atoms with E-state index in [9.17, 15) is 9.90 Å². The Bertz CT molecular complexity index is 821. The van der Waals surface area contributed by atoms with Gasteiger partial charge in [-0.1, -0.05) is 17.7 Å². The van der Waals surface area contributed by atoms with E-state index in [-0.39, 0.29) is 5.56 Å². The summed E-state index contributed by atoms with van der Waals surface area (Å²) >= 11 is 0. The third-order valence-corrected chi connectivity index (χ3v) is 3.27. The Morgan fingerprint density at radius 2 is 2.05 bits per heavy atom. The van der Waals surface area contributed by atoms with Gasteiger partial charge in [0.05, 0.1) is 11.1 Å². The van der Waals surface area contributed by atoms with Gasteiger partial charge < -0.3 is 10.1 Å². The van der Waals surface area contributed by atoms with Crippen molar-refractivity contribution in [3.63, 3.8) is 0 Å². The summed E-state index contributed by atoms with van der Waals surface area (Å²) in [6.45, 7) is 4.00. The molecule has 0 radical (unpaired) electrons. The first-order valence-corrected chi connectivity index (χ1v) is 6.22. The van der Waals surface area contributed by atoms with E-state index in [0.717, 1.165) is 16.7 Å². The minimum Gasteiger partial charge on any atom is -0.478 e. The van der Waals surface area contributed by atoms with E-state index in [0.29, 0.717) is 17.0 Å². The molecule has 0 aliphatic rings. The molecule has 2 N–H and O–H groups in total. The number of fused-ring (bicyclic) bond motifs is 1. The van der Waals surface area contributed by atoms with Crippen LogP contribution in [0.15, 0.2) is 30.5 Å². The first-order valence-electron chi connectivity index (χ1n) is 6.22. The van der Waals surface area contributed by atoms with Gasteiger partial charge in [-0.15, -0.1) is 0 Å². The zero-order valence-electron chi connectivity index (χ0n) is 11.1. The molecule has 0 aliphatic carbocycles. The summed E-state index contributed by atoms with van der Waals surface area (Å²) < 4.78 is 0. The average molecular weight is 267 g/mol. The number of nitrogens with zero attached hydrogens (tertiary/aromatic N) is 2. The number of hydrogen-bond donors (Lipinski definition) is 2. The van der Waals surface area contributed by atoms with E-state index in [4.69, 9.17) is 0 Å². The maximum Gasteiger partial charge on any atom is 0.338 e. The summed E-state index contributed by atoms with van der Waals surface area (Å²) in [4.78, 5) is 22.8. The lowest BCUT2D eigenvalue weighted by Crippen LogP contribution is -1.97. The van der Waals surface area contributed by atoms with Crippen LogP contribution in [0, 0.1) is 13.8 Å². The van der Waals surface area contributed by atoms with Gasteiger partial charge in [0.1, 0.15) is 5.82 Å². The first-order chi connectivity index (χ1) is 9.56. The summed E-state index contributed by atoms with van der Waals surface area (Å²) in [6.07, 6.45) is 1.46. The molecule has 0 aliphatic heterocycles. The molecule has 3 aromatic rings. The molecule has 0 bridgehead atoms. The number of aryl methyl sites for hydroxylation is 2. The van der Waals surface area contributed by atoms with Crippen molar-refractivity contribution in [3.05, 3.63) is 47.2 Å². The number of imidazole rings is 1. The number of aromatic nitrogens is 3. The molecule has 2 aromatic heterocycles. The number of carbonyl (C=O) groups is 1. The quantitative estimate of drug-likeness (QED) is 0.748. The van der Waals surface area contributed by atoms with Gasteiger partial charge >= 0.3 is 5.97 Å². The summed E-state index contributed by atoms with van der Waals surface area (Å²) in [7, 11) is 0. The Morgan fingerprint density at radius 1 is 1.25 bits per heavy atom. The SMILES string of the molecule is Cc1ccc(C)c(-c2nc3nccc(C(=O)O)c3[nH]2)c1. The number of aromatic carboxylic acids is 1. The fraction of sp³-hybridized carbons (Fsp3) is 0.133. The van der Waals surface area contributed by atoms with Crippen LogP contribution in [0.1, 0.15) is 21.5 Å². The molecule has 5 heteroatoms. The molecule has 0 saturated heterocycles. The van der Waals surface area contributed by atoms with Gasteiger partial charge in [0.25, 0.3) is 0 Å².